The molecule has 1 fully saturated rings. The normalized spacial score (nSPS) is 24.4. The number of hydrogen-bond donors (Lipinski definition) is 1. The van der Waals surface area contributed by atoms with Crippen molar-refractivity contribution < 1.29 is 38.4 Å². The number of benzene rings is 1. The van der Waals surface area contributed by atoms with Crippen LogP contribution >= 0.6 is 0 Å². The second-order valence-electron chi connectivity index (χ2n) is 9.64. The third-order valence-electron chi connectivity index (χ3n) is 6.39. The Morgan fingerprint density at radius 1 is 1.17 bits per heavy atom. The zero-order valence-corrected chi connectivity index (χ0v) is 21.9. The molecule has 0 spiro atoms. The van der Waals surface area contributed by atoms with Crippen LogP contribution in [0, 0.1) is 0 Å². The Hall–Kier alpha value is -2.52. The van der Waals surface area contributed by atoms with Crippen molar-refractivity contribution in [1.29, 1.82) is 0 Å². The first kappa shape index (κ1) is 28.1. The molecule has 198 valence electrons. The number of ether oxygens (including phenoxy) is 5. The molecular formula is C28H38O8. The Bertz CT molecular complexity index is 994. The first-order valence-electron chi connectivity index (χ1n) is 12.5. The van der Waals surface area contributed by atoms with Gasteiger partial charge in [0.25, 0.3) is 0 Å². The summed E-state index contributed by atoms with van der Waals surface area (Å²) in [6.07, 6.45) is 6.51. The average molecular weight is 503 g/mol. The summed E-state index contributed by atoms with van der Waals surface area (Å²) in [7, 11) is 1.51. The topological polar surface area (TPSA) is 101 Å². The van der Waals surface area contributed by atoms with E-state index in [1.165, 1.54) is 7.11 Å². The van der Waals surface area contributed by atoms with E-state index >= 15 is 0 Å². The number of Topliss-reactive ketones (excluding diaryl/α,β-unsaturated/α-hetero) is 1. The highest BCUT2D eigenvalue weighted by molar-refractivity contribution is 5.97. The van der Waals surface area contributed by atoms with Gasteiger partial charge in [-0.3, -0.25) is 4.79 Å². The number of carbonyl (C=O) groups is 2. The molecule has 1 N–H and O–H groups in total. The SMILES string of the molecule is COCOc1ccc(CCCCO)c2c1C(=O)O[C@@H](C)C(C)=CCC(=O)[C@H]1OC(C)(C)O[C@H]1CC=C2. The van der Waals surface area contributed by atoms with E-state index in [1.54, 1.807) is 32.9 Å². The fourth-order valence-electron chi connectivity index (χ4n) is 4.39. The second kappa shape index (κ2) is 12.6. The number of carbonyl (C=O) groups excluding carboxylic acids is 2. The maximum absolute atomic E-state index is 13.5. The molecule has 2 aliphatic heterocycles. The quantitative estimate of drug-likeness (QED) is 0.254. The molecule has 8 heteroatoms. The van der Waals surface area contributed by atoms with Crippen molar-refractivity contribution in [3.8, 4) is 5.75 Å². The maximum Gasteiger partial charge on any atom is 0.343 e. The minimum atomic E-state index is -0.869. The van der Waals surface area contributed by atoms with Gasteiger partial charge >= 0.3 is 5.97 Å². The van der Waals surface area contributed by atoms with Gasteiger partial charge in [0.15, 0.2) is 18.4 Å². The number of aryl methyl sites for hydroxylation is 1. The maximum atomic E-state index is 13.5. The van der Waals surface area contributed by atoms with Gasteiger partial charge in [0.05, 0.1) is 6.10 Å². The Morgan fingerprint density at radius 2 is 1.94 bits per heavy atom. The zero-order valence-electron chi connectivity index (χ0n) is 21.9. The number of allylic oxidation sites excluding steroid dienone is 1. The lowest BCUT2D eigenvalue weighted by atomic mass is 9.94. The molecule has 0 amide bonds. The lowest BCUT2D eigenvalue weighted by molar-refractivity contribution is -0.154. The lowest BCUT2D eigenvalue weighted by Crippen LogP contribution is -2.31. The summed E-state index contributed by atoms with van der Waals surface area (Å²) in [6, 6.07) is 3.67. The standard InChI is InChI=1S/C28H38O8/c1-18-12-14-22(30)26-24(35-28(3,4)36-26)11-8-10-21-20(9-6-7-16-29)13-15-23(33-17-32-5)25(21)27(31)34-19(18)2/h8,10,12-13,15,19,24,26,29H,6-7,9,11,14,16-17H2,1-5H3/t19-,24-,26+/m0/s1. The molecular weight excluding hydrogens is 464 g/mol. The number of aliphatic hydroxyl groups is 1. The van der Waals surface area contributed by atoms with Crippen molar-refractivity contribution in [2.45, 2.75) is 83.9 Å². The van der Waals surface area contributed by atoms with Crippen LogP contribution in [0.4, 0.5) is 0 Å². The molecule has 1 aromatic carbocycles. The molecule has 1 aromatic rings. The average Bonchev–Trinajstić information content (AvgIpc) is 3.15. The third-order valence-corrected chi connectivity index (χ3v) is 6.39. The summed E-state index contributed by atoms with van der Waals surface area (Å²) in [5, 5.41) is 9.25. The molecule has 2 aliphatic rings. The van der Waals surface area contributed by atoms with Gasteiger partial charge in [-0.2, -0.15) is 0 Å². The van der Waals surface area contributed by atoms with Crippen LogP contribution in [0.5, 0.6) is 5.75 Å². The molecule has 3 rings (SSSR count). The van der Waals surface area contributed by atoms with E-state index in [9.17, 15) is 14.7 Å². The van der Waals surface area contributed by atoms with Crippen molar-refractivity contribution in [3.05, 3.63) is 46.5 Å². The van der Waals surface area contributed by atoms with Crippen LogP contribution in [0.2, 0.25) is 0 Å². The molecule has 0 aromatic heterocycles. The monoisotopic (exact) mass is 502 g/mol. The fraction of sp³-hybridized carbons (Fsp3) is 0.571. The molecule has 0 aliphatic carbocycles. The largest absolute Gasteiger partial charge is 0.467 e. The predicted octanol–water partition coefficient (Wildman–Crippen LogP) is 4.37. The third kappa shape index (κ3) is 7.03. The van der Waals surface area contributed by atoms with E-state index in [0.29, 0.717) is 36.1 Å². The predicted molar refractivity (Wildman–Crippen MR) is 135 cm³/mol. The summed E-state index contributed by atoms with van der Waals surface area (Å²) in [5.41, 5.74) is 2.69. The Balaban J connectivity index is 2.09. The molecule has 0 bridgehead atoms. The summed E-state index contributed by atoms with van der Waals surface area (Å²) < 4.78 is 28.6. The fourth-order valence-corrected chi connectivity index (χ4v) is 4.39. The van der Waals surface area contributed by atoms with Crippen LogP contribution in [0.25, 0.3) is 6.08 Å². The number of fused-ring (bicyclic) bond motifs is 2. The summed E-state index contributed by atoms with van der Waals surface area (Å²) in [4.78, 5) is 26.5. The second-order valence-corrected chi connectivity index (χ2v) is 9.64. The van der Waals surface area contributed by atoms with Crippen LogP contribution in [0.1, 0.15) is 74.9 Å². The highest BCUT2D eigenvalue weighted by atomic mass is 16.8. The lowest BCUT2D eigenvalue weighted by Gasteiger charge is -2.20. The van der Waals surface area contributed by atoms with Crippen LogP contribution < -0.4 is 4.74 Å². The number of aliphatic hydroxyl groups excluding tert-OH is 1. The molecule has 0 radical (unpaired) electrons. The minimum Gasteiger partial charge on any atom is -0.467 e. The van der Waals surface area contributed by atoms with E-state index in [4.69, 9.17) is 23.7 Å². The van der Waals surface area contributed by atoms with Gasteiger partial charge in [-0.15, -0.1) is 0 Å². The molecule has 3 atom stereocenters. The van der Waals surface area contributed by atoms with Crippen molar-refractivity contribution in [1.82, 2.24) is 0 Å². The Kier molecular flexibility index (Phi) is 9.84. The van der Waals surface area contributed by atoms with E-state index in [2.05, 4.69) is 0 Å². The molecule has 2 heterocycles. The van der Waals surface area contributed by atoms with Gasteiger partial charge in [0.2, 0.25) is 0 Å². The number of rotatable bonds is 7. The zero-order chi connectivity index (χ0) is 26.3. The van der Waals surface area contributed by atoms with Crippen molar-refractivity contribution >= 4 is 17.8 Å². The van der Waals surface area contributed by atoms with Crippen molar-refractivity contribution in [2.75, 3.05) is 20.5 Å². The van der Waals surface area contributed by atoms with Gasteiger partial charge in [-0.05, 0) is 76.1 Å². The van der Waals surface area contributed by atoms with E-state index in [1.807, 2.05) is 25.1 Å². The van der Waals surface area contributed by atoms with E-state index < -0.39 is 30.1 Å². The van der Waals surface area contributed by atoms with Gasteiger partial charge in [0.1, 0.15) is 23.5 Å². The molecule has 0 unspecified atom stereocenters. The molecule has 36 heavy (non-hydrogen) atoms. The smallest absolute Gasteiger partial charge is 0.343 e. The van der Waals surface area contributed by atoms with Crippen molar-refractivity contribution in [2.24, 2.45) is 0 Å². The Labute approximate surface area is 213 Å². The van der Waals surface area contributed by atoms with Gasteiger partial charge in [-0.25, -0.2) is 4.79 Å². The molecule has 1 saturated heterocycles. The number of unbranched alkanes of at least 4 members (excludes halogenated alkanes) is 1. The van der Waals surface area contributed by atoms with Crippen LogP contribution in [-0.2, 0) is 30.2 Å². The van der Waals surface area contributed by atoms with E-state index in [0.717, 1.165) is 17.6 Å². The number of hydrogen-bond acceptors (Lipinski definition) is 8. The van der Waals surface area contributed by atoms with Crippen LogP contribution in [0.15, 0.2) is 29.9 Å². The van der Waals surface area contributed by atoms with Gasteiger partial charge in [-0.1, -0.05) is 24.3 Å². The first-order valence-corrected chi connectivity index (χ1v) is 12.5. The number of methoxy groups -OCH3 is 1. The summed E-state index contributed by atoms with van der Waals surface area (Å²) >= 11 is 0. The highest BCUT2D eigenvalue weighted by Gasteiger charge is 2.44. The Morgan fingerprint density at radius 3 is 2.67 bits per heavy atom. The first-order chi connectivity index (χ1) is 17.2. The number of cyclic esters (lactones) is 1. The minimum absolute atomic E-state index is 0.0199. The van der Waals surface area contributed by atoms with Crippen LogP contribution in [0.3, 0.4) is 0 Å². The molecule has 8 nitrogen and oxygen atoms in total. The number of ketones is 1. The van der Waals surface area contributed by atoms with Gasteiger partial charge in [0, 0.05) is 20.1 Å². The van der Waals surface area contributed by atoms with E-state index in [-0.39, 0.29) is 25.6 Å². The highest BCUT2D eigenvalue weighted by Crippen LogP contribution is 2.34. The number of esters is 1. The van der Waals surface area contributed by atoms with Gasteiger partial charge < -0.3 is 28.8 Å². The molecule has 0 saturated carbocycles. The van der Waals surface area contributed by atoms with Crippen LogP contribution in [-0.4, -0.2) is 61.5 Å². The summed E-state index contributed by atoms with van der Waals surface area (Å²) in [5.74, 6) is -1.10. The van der Waals surface area contributed by atoms with Crippen molar-refractivity contribution in [3.63, 3.8) is 0 Å². The summed E-state index contributed by atoms with van der Waals surface area (Å²) in [6.45, 7) is 7.29.